The Morgan fingerprint density at radius 3 is 2.73 bits per heavy atom. The molecule has 1 heterocycles. The van der Waals surface area contributed by atoms with Crippen LogP contribution < -0.4 is 0 Å². The van der Waals surface area contributed by atoms with E-state index in [1.165, 1.54) is 30.4 Å². The van der Waals surface area contributed by atoms with E-state index in [0.717, 1.165) is 25.2 Å². The van der Waals surface area contributed by atoms with Gasteiger partial charge < -0.3 is 4.74 Å². The minimum atomic E-state index is -0.162. The summed E-state index contributed by atoms with van der Waals surface area (Å²) in [7, 11) is 0. The first-order valence-electron chi connectivity index (χ1n) is 10.6. The number of ketones is 1. The first-order valence-corrected chi connectivity index (χ1v) is 10.6. The van der Waals surface area contributed by atoms with Crippen LogP contribution in [0.1, 0.15) is 58.3 Å². The lowest BCUT2D eigenvalue weighted by molar-refractivity contribution is -0.173. The highest BCUT2D eigenvalue weighted by Gasteiger charge is 2.78. The summed E-state index contributed by atoms with van der Waals surface area (Å²) in [6, 6.07) is 0. The van der Waals surface area contributed by atoms with Crippen molar-refractivity contribution in [3.8, 4) is 0 Å². The molecule has 5 aliphatic carbocycles. The van der Waals surface area contributed by atoms with Crippen molar-refractivity contribution in [3.05, 3.63) is 23.8 Å². The molecule has 1 aliphatic heterocycles. The number of fused-ring (bicyclic) bond motifs is 9. The van der Waals surface area contributed by atoms with Gasteiger partial charge in [-0.1, -0.05) is 19.1 Å². The summed E-state index contributed by atoms with van der Waals surface area (Å²) in [5.74, 6) is 4.27. The molecule has 3 heteroatoms. The third-order valence-corrected chi connectivity index (χ3v) is 9.43. The van der Waals surface area contributed by atoms with Crippen molar-refractivity contribution in [2.45, 2.75) is 63.9 Å². The molecule has 0 amide bonds. The highest BCUT2D eigenvalue weighted by molar-refractivity contribution is 5.92. The molecule has 5 fully saturated rings. The normalized spacial score (nSPS) is 54.2. The molecule has 1 spiro atoms. The fourth-order valence-corrected chi connectivity index (χ4v) is 8.49. The molecule has 6 aliphatic rings. The zero-order chi connectivity index (χ0) is 17.8. The van der Waals surface area contributed by atoms with Gasteiger partial charge in [-0.3, -0.25) is 9.59 Å². The smallest absolute Gasteiger partial charge is 0.306 e. The lowest BCUT2D eigenvalue weighted by Gasteiger charge is -2.57. The monoisotopic (exact) mass is 352 g/mol. The molecule has 3 nitrogen and oxygen atoms in total. The van der Waals surface area contributed by atoms with E-state index in [1.807, 2.05) is 6.08 Å². The quantitative estimate of drug-likeness (QED) is 0.613. The largest absolute Gasteiger partial charge is 0.458 e. The molecule has 0 aromatic carbocycles. The van der Waals surface area contributed by atoms with Crippen LogP contribution in [0.5, 0.6) is 0 Å². The minimum Gasteiger partial charge on any atom is -0.458 e. The maximum absolute atomic E-state index is 12.1. The van der Waals surface area contributed by atoms with Gasteiger partial charge in [0.25, 0.3) is 0 Å². The van der Waals surface area contributed by atoms with Crippen LogP contribution in [0.3, 0.4) is 0 Å². The Balaban J connectivity index is 1.40. The number of hydrogen-bond donors (Lipinski definition) is 0. The number of carbonyl (C=O) groups excluding carboxylic acids is 2. The van der Waals surface area contributed by atoms with Gasteiger partial charge in [0.2, 0.25) is 0 Å². The summed E-state index contributed by atoms with van der Waals surface area (Å²) in [5, 5.41) is 0. The van der Waals surface area contributed by atoms with Gasteiger partial charge >= 0.3 is 5.97 Å². The fraction of sp³-hybridized carbons (Fsp3) is 0.739. The summed E-state index contributed by atoms with van der Waals surface area (Å²) in [4.78, 5) is 24.0. The van der Waals surface area contributed by atoms with Gasteiger partial charge in [-0.25, -0.2) is 0 Å². The average Bonchev–Trinajstić information content (AvgIpc) is 3.24. The summed E-state index contributed by atoms with van der Waals surface area (Å²) in [6.45, 7) is 6.84. The molecule has 0 aromatic heterocycles. The van der Waals surface area contributed by atoms with Crippen molar-refractivity contribution < 1.29 is 14.3 Å². The summed E-state index contributed by atoms with van der Waals surface area (Å²) in [5.41, 5.74) is 2.48. The first kappa shape index (κ1) is 15.7. The third-order valence-electron chi connectivity index (χ3n) is 9.43. The SMILES string of the molecule is C=C1CC2C(CC[C@@]3(C)C2C2CC2[C@@]32CCC(=O)O2)[C@H]2CCC(=O)C=C12. The number of allylic oxidation sites excluding steroid dienone is 2. The summed E-state index contributed by atoms with van der Waals surface area (Å²) in [6.07, 6.45) is 9.91. The van der Waals surface area contributed by atoms with Gasteiger partial charge in [0.1, 0.15) is 5.60 Å². The molecule has 5 unspecified atom stereocenters. The molecule has 0 bridgehead atoms. The highest BCUT2D eigenvalue weighted by Crippen LogP contribution is 2.78. The van der Waals surface area contributed by atoms with E-state index in [9.17, 15) is 9.59 Å². The summed E-state index contributed by atoms with van der Waals surface area (Å²) >= 11 is 0. The standard InChI is InChI=1S/C23H28O3/c1-12-9-17-15(14-4-3-13(24)10-16(12)14)5-7-22(2)21(17)18-11-19(18)23(22)8-6-20(25)26-23/h10,14-15,17-19,21H,1,3-9,11H2,2H3/t14-,15?,17?,18?,19?,21?,22+,23+/m1/s1. The topological polar surface area (TPSA) is 43.4 Å². The van der Waals surface area contributed by atoms with Crippen molar-refractivity contribution in [1.82, 2.24) is 0 Å². The van der Waals surface area contributed by atoms with Crippen LogP contribution in [0.2, 0.25) is 0 Å². The van der Waals surface area contributed by atoms with Crippen molar-refractivity contribution in [2.75, 3.05) is 0 Å². The lowest BCUT2D eigenvalue weighted by atomic mass is 9.48. The molecule has 4 saturated carbocycles. The first-order chi connectivity index (χ1) is 12.4. The second-order valence-electron chi connectivity index (χ2n) is 10.2. The minimum absolute atomic E-state index is 0.0312. The third kappa shape index (κ3) is 1.67. The highest BCUT2D eigenvalue weighted by atomic mass is 16.6. The van der Waals surface area contributed by atoms with E-state index in [4.69, 9.17) is 4.74 Å². The van der Waals surface area contributed by atoms with E-state index in [2.05, 4.69) is 13.5 Å². The second kappa shape index (κ2) is 4.72. The van der Waals surface area contributed by atoms with Gasteiger partial charge in [0, 0.05) is 24.2 Å². The van der Waals surface area contributed by atoms with Crippen LogP contribution in [0.15, 0.2) is 23.8 Å². The van der Waals surface area contributed by atoms with E-state index in [0.29, 0.717) is 42.4 Å². The molecule has 8 atom stereocenters. The Bertz CT molecular complexity index is 778. The molecular formula is C23H28O3. The maximum Gasteiger partial charge on any atom is 0.306 e. The van der Waals surface area contributed by atoms with Gasteiger partial charge in [-0.2, -0.15) is 0 Å². The van der Waals surface area contributed by atoms with Crippen LogP contribution in [0, 0.1) is 40.9 Å². The maximum atomic E-state index is 12.1. The van der Waals surface area contributed by atoms with Crippen LogP contribution >= 0.6 is 0 Å². The van der Waals surface area contributed by atoms with Gasteiger partial charge in [-0.05, 0) is 79.8 Å². The molecule has 0 aromatic rings. The van der Waals surface area contributed by atoms with E-state index in [-0.39, 0.29) is 22.8 Å². The Kier molecular flexibility index (Phi) is 2.84. The molecule has 6 rings (SSSR count). The Morgan fingerprint density at radius 2 is 1.96 bits per heavy atom. The zero-order valence-electron chi connectivity index (χ0n) is 15.6. The van der Waals surface area contributed by atoms with Crippen LogP contribution in [0.25, 0.3) is 0 Å². The van der Waals surface area contributed by atoms with E-state index in [1.54, 1.807) is 0 Å². The van der Waals surface area contributed by atoms with Gasteiger partial charge in [0.15, 0.2) is 5.78 Å². The van der Waals surface area contributed by atoms with Crippen LogP contribution in [-0.4, -0.2) is 17.4 Å². The molecule has 0 radical (unpaired) electrons. The van der Waals surface area contributed by atoms with Crippen molar-refractivity contribution in [2.24, 2.45) is 40.9 Å². The van der Waals surface area contributed by atoms with Crippen molar-refractivity contribution in [1.29, 1.82) is 0 Å². The number of esters is 1. The predicted molar refractivity (Wildman–Crippen MR) is 97.0 cm³/mol. The summed E-state index contributed by atoms with van der Waals surface area (Å²) < 4.78 is 6.15. The number of rotatable bonds is 0. The zero-order valence-corrected chi connectivity index (χ0v) is 15.6. The van der Waals surface area contributed by atoms with Crippen molar-refractivity contribution in [3.63, 3.8) is 0 Å². The number of ether oxygens (including phenoxy) is 1. The lowest BCUT2D eigenvalue weighted by Crippen LogP contribution is -2.55. The number of hydrogen-bond acceptors (Lipinski definition) is 3. The Morgan fingerprint density at radius 1 is 1.12 bits per heavy atom. The van der Waals surface area contributed by atoms with Crippen LogP contribution in [-0.2, 0) is 14.3 Å². The molecular weight excluding hydrogens is 324 g/mol. The second-order valence-corrected chi connectivity index (χ2v) is 10.2. The number of carbonyl (C=O) groups is 2. The predicted octanol–water partition coefficient (Wildman–Crippen LogP) is 4.23. The molecule has 138 valence electrons. The van der Waals surface area contributed by atoms with Gasteiger partial charge in [-0.15, -0.1) is 0 Å². The fourth-order valence-electron chi connectivity index (χ4n) is 8.49. The van der Waals surface area contributed by atoms with E-state index >= 15 is 0 Å². The molecule has 1 saturated heterocycles. The average molecular weight is 352 g/mol. The Labute approximate surface area is 155 Å². The van der Waals surface area contributed by atoms with Crippen molar-refractivity contribution >= 4 is 11.8 Å². The van der Waals surface area contributed by atoms with E-state index < -0.39 is 0 Å². The van der Waals surface area contributed by atoms with Crippen LogP contribution in [0.4, 0.5) is 0 Å². The van der Waals surface area contributed by atoms with Gasteiger partial charge in [0.05, 0.1) is 0 Å². The Hall–Kier alpha value is -1.38. The molecule has 0 N–H and O–H groups in total. The molecule has 26 heavy (non-hydrogen) atoms.